The Hall–Kier alpha value is 0. The van der Waals surface area contributed by atoms with E-state index in [2.05, 4.69) is 27.2 Å². The summed E-state index contributed by atoms with van der Waals surface area (Å²) in [5.74, 6) is 0.896. The van der Waals surface area contributed by atoms with Gasteiger partial charge in [0.05, 0.1) is 0 Å². The van der Waals surface area contributed by atoms with Gasteiger partial charge in [0, 0.05) is 0 Å². The van der Waals surface area contributed by atoms with Gasteiger partial charge in [-0.05, 0) is 18.8 Å². The highest BCUT2D eigenvalue weighted by Gasteiger charge is 1.98. The number of rotatable bonds is 14. The number of unbranched alkanes of at least 4 members (excludes halogenated alkanes) is 11. The van der Waals surface area contributed by atoms with Crippen molar-refractivity contribution >= 4 is 0 Å². The molecule has 0 aliphatic carbocycles. The zero-order valence-corrected chi connectivity index (χ0v) is 13.3. The molecule has 0 spiro atoms. The van der Waals surface area contributed by atoms with Gasteiger partial charge in [0.15, 0.2) is 0 Å². The molecule has 0 saturated carbocycles. The highest BCUT2D eigenvalue weighted by Crippen LogP contribution is 2.14. The third-order valence-electron chi connectivity index (χ3n) is 4.03. The minimum atomic E-state index is 0.896. The maximum absolute atomic E-state index is 2.51. The van der Waals surface area contributed by atoms with E-state index in [1.165, 1.54) is 83.5 Å². The van der Waals surface area contributed by atoms with Crippen LogP contribution in [0, 0.1) is 12.3 Å². The van der Waals surface area contributed by atoms with E-state index in [4.69, 9.17) is 0 Å². The van der Waals surface area contributed by atoms with Crippen LogP contribution in [0.4, 0.5) is 0 Å². The highest BCUT2D eigenvalue weighted by molar-refractivity contribution is 4.67. The number of hydrogen-bond acceptors (Lipinski definition) is 0. The molecule has 0 aromatic heterocycles. The molecule has 0 heteroatoms. The summed E-state index contributed by atoms with van der Waals surface area (Å²) in [5.41, 5.74) is 0. The fraction of sp³-hybridized carbons (Fsp3) is 0.944. The van der Waals surface area contributed by atoms with E-state index >= 15 is 0 Å². The van der Waals surface area contributed by atoms with Gasteiger partial charge < -0.3 is 0 Å². The molecule has 18 heavy (non-hydrogen) atoms. The van der Waals surface area contributed by atoms with Crippen LogP contribution in [-0.4, -0.2) is 0 Å². The molecule has 0 aliphatic heterocycles. The van der Waals surface area contributed by atoms with Crippen LogP contribution in [0.2, 0.25) is 0 Å². The molecule has 0 aromatic carbocycles. The summed E-state index contributed by atoms with van der Waals surface area (Å²) >= 11 is 0. The molecule has 0 saturated heterocycles. The fourth-order valence-electron chi connectivity index (χ4n) is 2.35. The summed E-state index contributed by atoms with van der Waals surface area (Å²) in [6.45, 7) is 6.94. The molecule has 0 N–H and O–H groups in total. The Morgan fingerprint density at radius 2 is 1.22 bits per heavy atom. The van der Waals surface area contributed by atoms with Crippen molar-refractivity contribution in [1.29, 1.82) is 0 Å². The van der Waals surface area contributed by atoms with E-state index < -0.39 is 0 Å². The minimum Gasteiger partial charge on any atom is -0.0654 e. The first-order chi connectivity index (χ1) is 8.81. The summed E-state index contributed by atoms with van der Waals surface area (Å²) < 4.78 is 0. The van der Waals surface area contributed by atoms with Gasteiger partial charge >= 0.3 is 0 Å². The molecular weight excluding hydrogens is 216 g/mol. The van der Waals surface area contributed by atoms with Crippen LogP contribution in [0.5, 0.6) is 0 Å². The quantitative estimate of drug-likeness (QED) is 0.294. The maximum Gasteiger partial charge on any atom is -0.0383 e. The van der Waals surface area contributed by atoms with Crippen LogP contribution in [0.3, 0.4) is 0 Å². The van der Waals surface area contributed by atoms with Gasteiger partial charge in [0.2, 0.25) is 0 Å². The average molecular weight is 253 g/mol. The molecule has 0 bridgehead atoms. The van der Waals surface area contributed by atoms with Gasteiger partial charge in [-0.1, -0.05) is 97.8 Å². The highest BCUT2D eigenvalue weighted by atomic mass is 14.0. The predicted octanol–water partition coefficient (Wildman–Crippen LogP) is 6.94. The van der Waals surface area contributed by atoms with Crippen molar-refractivity contribution in [3.05, 3.63) is 6.42 Å². The molecule has 0 nitrogen and oxygen atoms in total. The largest absolute Gasteiger partial charge is 0.0654 e. The van der Waals surface area contributed by atoms with E-state index in [9.17, 15) is 0 Å². The van der Waals surface area contributed by atoms with Gasteiger partial charge in [0.25, 0.3) is 0 Å². The van der Waals surface area contributed by atoms with E-state index in [-0.39, 0.29) is 0 Å². The maximum atomic E-state index is 2.51. The van der Waals surface area contributed by atoms with Crippen LogP contribution in [-0.2, 0) is 0 Å². The van der Waals surface area contributed by atoms with Crippen molar-refractivity contribution in [2.75, 3.05) is 0 Å². The molecular formula is C18H37. The van der Waals surface area contributed by atoms with E-state index in [1.807, 2.05) is 0 Å². The molecule has 0 aromatic rings. The third kappa shape index (κ3) is 14.1. The molecule has 0 amide bonds. The molecule has 0 heterocycles. The SMILES string of the molecule is CCCCCCCCCCCC[CH]CC(C)CC. The zero-order valence-electron chi connectivity index (χ0n) is 13.3. The van der Waals surface area contributed by atoms with Crippen molar-refractivity contribution in [2.24, 2.45) is 5.92 Å². The summed E-state index contributed by atoms with van der Waals surface area (Å²) in [5, 5.41) is 0. The number of hydrogen-bond donors (Lipinski definition) is 0. The topological polar surface area (TPSA) is 0 Å². The van der Waals surface area contributed by atoms with Crippen LogP contribution in [0.25, 0.3) is 0 Å². The summed E-state index contributed by atoms with van der Waals surface area (Å²) in [6.07, 6.45) is 21.0. The van der Waals surface area contributed by atoms with E-state index in [1.54, 1.807) is 0 Å². The first-order valence-electron chi connectivity index (χ1n) is 8.62. The lowest BCUT2D eigenvalue weighted by Crippen LogP contribution is -1.92. The molecule has 1 unspecified atom stereocenters. The van der Waals surface area contributed by atoms with E-state index in [0.717, 1.165) is 5.92 Å². The van der Waals surface area contributed by atoms with E-state index in [0.29, 0.717) is 0 Å². The lowest BCUT2D eigenvalue weighted by molar-refractivity contribution is 0.526. The second kappa shape index (κ2) is 15.1. The first-order valence-corrected chi connectivity index (χ1v) is 8.62. The first kappa shape index (κ1) is 18.0. The smallest absolute Gasteiger partial charge is 0.0383 e. The average Bonchev–Trinajstić information content (AvgIpc) is 2.39. The predicted molar refractivity (Wildman–Crippen MR) is 84.8 cm³/mol. The van der Waals surface area contributed by atoms with Crippen LogP contribution in [0.1, 0.15) is 104 Å². The second-order valence-electron chi connectivity index (χ2n) is 6.01. The molecule has 0 aliphatic rings. The third-order valence-corrected chi connectivity index (χ3v) is 4.03. The molecule has 0 rings (SSSR count). The van der Waals surface area contributed by atoms with Crippen molar-refractivity contribution in [3.8, 4) is 0 Å². The normalized spacial score (nSPS) is 12.8. The van der Waals surface area contributed by atoms with Crippen LogP contribution >= 0.6 is 0 Å². The van der Waals surface area contributed by atoms with Crippen molar-refractivity contribution in [2.45, 2.75) is 104 Å². The minimum absolute atomic E-state index is 0.896. The van der Waals surface area contributed by atoms with Gasteiger partial charge in [-0.15, -0.1) is 0 Å². The fourth-order valence-corrected chi connectivity index (χ4v) is 2.35. The lowest BCUT2D eigenvalue weighted by Gasteiger charge is -2.07. The Kier molecular flexibility index (Phi) is 15.1. The van der Waals surface area contributed by atoms with Gasteiger partial charge in [-0.2, -0.15) is 0 Å². The Morgan fingerprint density at radius 1 is 0.722 bits per heavy atom. The standard InChI is InChI=1S/C18H37/c1-4-6-7-8-9-10-11-12-13-14-15-16-17-18(3)5-2/h16,18H,4-15,17H2,1-3H3. The zero-order chi connectivity index (χ0) is 13.5. The molecule has 0 fully saturated rings. The van der Waals surface area contributed by atoms with Crippen molar-refractivity contribution in [1.82, 2.24) is 0 Å². The van der Waals surface area contributed by atoms with Crippen molar-refractivity contribution < 1.29 is 0 Å². The lowest BCUT2D eigenvalue weighted by atomic mass is 9.99. The Labute approximate surface area is 117 Å². The van der Waals surface area contributed by atoms with Crippen molar-refractivity contribution in [3.63, 3.8) is 0 Å². The Morgan fingerprint density at radius 3 is 1.72 bits per heavy atom. The van der Waals surface area contributed by atoms with Gasteiger partial charge in [-0.25, -0.2) is 0 Å². The Balaban J connectivity index is 2.94. The van der Waals surface area contributed by atoms with Gasteiger partial charge in [0.1, 0.15) is 0 Å². The van der Waals surface area contributed by atoms with Gasteiger partial charge in [-0.3, -0.25) is 0 Å². The molecule has 1 radical (unpaired) electrons. The Bertz CT molecular complexity index is 139. The summed E-state index contributed by atoms with van der Waals surface area (Å²) in [6, 6.07) is 0. The van der Waals surface area contributed by atoms with Crippen LogP contribution < -0.4 is 0 Å². The second-order valence-corrected chi connectivity index (χ2v) is 6.01. The molecule has 1 atom stereocenters. The van der Waals surface area contributed by atoms with Crippen LogP contribution in [0.15, 0.2) is 0 Å². The summed E-state index contributed by atoms with van der Waals surface area (Å²) in [7, 11) is 0. The monoisotopic (exact) mass is 253 g/mol. The molecule has 109 valence electrons. The summed E-state index contributed by atoms with van der Waals surface area (Å²) in [4.78, 5) is 0.